The number of amides is 2. The molecule has 0 bridgehead atoms. The summed E-state index contributed by atoms with van der Waals surface area (Å²) in [5.74, 6) is -0.335. The minimum absolute atomic E-state index is 0.103. The van der Waals surface area contributed by atoms with Gasteiger partial charge in [-0.25, -0.2) is 4.39 Å². The molecule has 1 heterocycles. The number of nitrogens with zero attached hydrogens (tertiary/aromatic N) is 1. The minimum atomic E-state index is -0.467. The molecule has 0 aromatic heterocycles. The van der Waals surface area contributed by atoms with Gasteiger partial charge >= 0.3 is 0 Å². The van der Waals surface area contributed by atoms with Crippen LogP contribution < -0.4 is 4.74 Å². The fraction of sp³-hybridized carbons (Fsp3) is 0.111. The van der Waals surface area contributed by atoms with E-state index in [1.54, 1.807) is 36.4 Å². The van der Waals surface area contributed by atoms with Crippen molar-refractivity contribution >= 4 is 56.5 Å². The smallest absolute Gasteiger partial charge is 0.293 e. The number of carbonyl (C=O) groups excluding carboxylic acids is 2. The summed E-state index contributed by atoms with van der Waals surface area (Å²) in [4.78, 5) is 25.8. The van der Waals surface area contributed by atoms with Gasteiger partial charge in [0.05, 0.1) is 11.4 Å². The van der Waals surface area contributed by atoms with E-state index in [1.807, 2.05) is 0 Å². The molecule has 8 heteroatoms. The van der Waals surface area contributed by atoms with Crippen LogP contribution in [0.4, 0.5) is 9.18 Å². The molecule has 1 aliphatic rings. The highest BCUT2D eigenvalue weighted by molar-refractivity contribution is 9.10. The van der Waals surface area contributed by atoms with Crippen LogP contribution in [0.5, 0.6) is 5.75 Å². The number of hydrogen-bond acceptors (Lipinski definition) is 4. The van der Waals surface area contributed by atoms with E-state index < -0.39 is 17.0 Å². The summed E-state index contributed by atoms with van der Waals surface area (Å²) < 4.78 is 20.0. The third-order valence-electron chi connectivity index (χ3n) is 3.52. The van der Waals surface area contributed by atoms with E-state index in [1.165, 1.54) is 12.1 Å². The largest absolute Gasteiger partial charge is 0.492 e. The maximum Gasteiger partial charge on any atom is 0.293 e. The van der Waals surface area contributed by atoms with Gasteiger partial charge in [-0.3, -0.25) is 14.5 Å². The Bertz CT molecular complexity index is 889. The molecule has 1 saturated heterocycles. The van der Waals surface area contributed by atoms with Crippen molar-refractivity contribution in [1.29, 1.82) is 0 Å². The number of benzene rings is 2. The molecule has 134 valence electrons. The quantitative estimate of drug-likeness (QED) is 0.569. The van der Waals surface area contributed by atoms with Gasteiger partial charge in [0.15, 0.2) is 0 Å². The third kappa shape index (κ3) is 4.47. The molecule has 0 radical (unpaired) electrons. The Morgan fingerprint density at radius 2 is 1.92 bits per heavy atom. The summed E-state index contributed by atoms with van der Waals surface area (Å²) in [6, 6.07) is 11.2. The van der Waals surface area contributed by atoms with E-state index >= 15 is 0 Å². The Kier molecular flexibility index (Phi) is 6.01. The molecule has 0 unspecified atom stereocenters. The van der Waals surface area contributed by atoms with Gasteiger partial charge < -0.3 is 4.74 Å². The maximum absolute atomic E-state index is 13.8. The second kappa shape index (κ2) is 8.24. The molecule has 0 spiro atoms. The SMILES string of the molecule is O=C1S/C(=C\c2cc(Br)ccc2F)C(=O)N1CCOc1ccc(Cl)cc1. The van der Waals surface area contributed by atoms with Crippen LogP contribution in [0.3, 0.4) is 0 Å². The number of ether oxygens (including phenoxy) is 1. The molecule has 4 nitrogen and oxygen atoms in total. The lowest BCUT2D eigenvalue weighted by Crippen LogP contribution is -2.32. The average molecular weight is 457 g/mol. The van der Waals surface area contributed by atoms with Gasteiger partial charge in [0, 0.05) is 15.1 Å². The molecule has 2 aromatic rings. The van der Waals surface area contributed by atoms with E-state index in [2.05, 4.69) is 15.9 Å². The van der Waals surface area contributed by atoms with Gasteiger partial charge in [0.25, 0.3) is 11.1 Å². The Morgan fingerprint density at radius 1 is 1.19 bits per heavy atom. The minimum Gasteiger partial charge on any atom is -0.492 e. The Balaban J connectivity index is 1.66. The van der Waals surface area contributed by atoms with E-state index in [0.29, 0.717) is 15.2 Å². The van der Waals surface area contributed by atoms with Gasteiger partial charge in [-0.05, 0) is 60.3 Å². The fourth-order valence-electron chi connectivity index (χ4n) is 2.24. The van der Waals surface area contributed by atoms with Crippen LogP contribution in [0.1, 0.15) is 5.56 Å². The standard InChI is InChI=1S/C18H12BrClFNO3S/c19-12-1-6-15(21)11(9-12)10-16-17(23)22(18(24)26-16)7-8-25-14-4-2-13(20)3-5-14/h1-6,9-10H,7-8H2/b16-10-. The second-order valence-corrected chi connectivity index (χ2v) is 7.65. The van der Waals surface area contributed by atoms with Crippen molar-refractivity contribution in [2.24, 2.45) is 0 Å². The molecule has 0 atom stereocenters. The predicted molar refractivity (Wildman–Crippen MR) is 104 cm³/mol. The molecular weight excluding hydrogens is 445 g/mol. The number of halogens is 3. The molecule has 2 aromatic carbocycles. The molecule has 0 aliphatic carbocycles. The number of carbonyl (C=O) groups is 2. The van der Waals surface area contributed by atoms with E-state index in [-0.39, 0.29) is 23.6 Å². The molecule has 1 aliphatic heterocycles. The van der Waals surface area contributed by atoms with E-state index in [4.69, 9.17) is 16.3 Å². The number of thioether (sulfide) groups is 1. The molecular formula is C18H12BrClFNO3S. The topological polar surface area (TPSA) is 46.6 Å². The van der Waals surface area contributed by atoms with Gasteiger partial charge in [0.1, 0.15) is 18.2 Å². The maximum atomic E-state index is 13.8. The summed E-state index contributed by atoms with van der Waals surface area (Å²) >= 11 is 9.84. The monoisotopic (exact) mass is 455 g/mol. The summed E-state index contributed by atoms with van der Waals surface area (Å²) in [5.41, 5.74) is 0.238. The lowest BCUT2D eigenvalue weighted by atomic mass is 10.2. The van der Waals surface area contributed by atoms with Crippen LogP contribution >= 0.6 is 39.3 Å². The van der Waals surface area contributed by atoms with Gasteiger partial charge in [-0.15, -0.1) is 0 Å². The zero-order valence-corrected chi connectivity index (χ0v) is 16.4. The average Bonchev–Trinajstić information content (AvgIpc) is 2.87. The lowest BCUT2D eigenvalue weighted by Gasteiger charge is -2.13. The zero-order valence-electron chi connectivity index (χ0n) is 13.2. The second-order valence-electron chi connectivity index (χ2n) is 5.30. The van der Waals surface area contributed by atoms with Crippen LogP contribution in [0.25, 0.3) is 6.08 Å². The van der Waals surface area contributed by atoms with Crippen molar-refractivity contribution in [3.63, 3.8) is 0 Å². The van der Waals surface area contributed by atoms with E-state index in [0.717, 1.165) is 16.7 Å². The van der Waals surface area contributed by atoms with Gasteiger partial charge in [-0.2, -0.15) is 0 Å². The number of rotatable bonds is 5. The first-order valence-corrected chi connectivity index (χ1v) is 9.51. The lowest BCUT2D eigenvalue weighted by molar-refractivity contribution is -0.123. The highest BCUT2D eigenvalue weighted by Gasteiger charge is 2.35. The Morgan fingerprint density at radius 3 is 2.65 bits per heavy atom. The number of imide groups is 1. The Labute approximate surface area is 167 Å². The highest BCUT2D eigenvalue weighted by atomic mass is 79.9. The highest BCUT2D eigenvalue weighted by Crippen LogP contribution is 2.33. The van der Waals surface area contributed by atoms with Crippen molar-refractivity contribution in [2.75, 3.05) is 13.2 Å². The third-order valence-corrected chi connectivity index (χ3v) is 5.17. The Hall–Kier alpha value is -1.83. The summed E-state index contributed by atoms with van der Waals surface area (Å²) in [5, 5.41) is 0.185. The summed E-state index contributed by atoms with van der Waals surface area (Å²) in [7, 11) is 0. The zero-order chi connectivity index (χ0) is 18.7. The van der Waals surface area contributed by atoms with Crippen molar-refractivity contribution in [2.45, 2.75) is 0 Å². The first-order chi connectivity index (χ1) is 12.4. The van der Waals surface area contributed by atoms with E-state index in [9.17, 15) is 14.0 Å². The van der Waals surface area contributed by atoms with Crippen molar-refractivity contribution in [3.05, 3.63) is 68.2 Å². The number of hydrogen-bond donors (Lipinski definition) is 0. The normalized spacial score (nSPS) is 15.8. The predicted octanol–water partition coefficient (Wildman–Crippen LogP) is 5.36. The fourth-order valence-corrected chi connectivity index (χ4v) is 3.61. The van der Waals surface area contributed by atoms with Crippen LogP contribution in [0.2, 0.25) is 5.02 Å². The first kappa shape index (κ1) is 18.9. The molecule has 3 rings (SSSR count). The molecule has 0 saturated carbocycles. The van der Waals surface area contributed by atoms with Crippen LogP contribution in [0.15, 0.2) is 51.8 Å². The molecule has 26 heavy (non-hydrogen) atoms. The molecule has 0 N–H and O–H groups in total. The van der Waals surface area contributed by atoms with Crippen molar-refractivity contribution in [1.82, 2.24) is 4.90 Å². The first-order valence-electron chi connectivity index (χ1n) is 7.53. The summed E-state index contributed by atoms with van der Waals surface area (Å²) in [6.07, 6.45) is 1.38. The van der Waals surface area contributed by atoms with Crippen LogP contribution in [0, 0.1) is 5.82 Å². The van der Waals surface area contributed by atoms with Gasteiger partial charge in [-0.1, -0.05) is 27.5 Å². The van der Waals surface area contributed by atoms with Crippen LogP contribution in [-0.4, -0.2) is 29.2 Å². The van der Waals surface area contributed by atoms with Crippen molar-refractivity contribution in [3.8, 4) is 5.75 Å². The summed E-state index contributed by atoms with van der Waals surface area (Å²) in [6.45, 7) is 0.254. The van der Waals surface area contributed by atoms with Crippen LogP contribution in [-0.2, 0) is 4.79 Å². The molecule has 1 fully saturated rings. The van der Waals surface area contributed by atoms with Gasteiger partial charge in [0.2, 0.25) is 0 Å². The molecule has 2 amide bonds. The van der Waals surface area contributed by atoms with Crippen molar-refractivity contribution < 1.29 is 18.7 Å².